The van der Waals surface area contributed by atoms with Crippen molar-refractivity contribution < 1.29 is 9.18 Å². The molecular weight excluding hydrogens is 209 g/mol. The van der Waals surface area contributed by atoms with Crippen molar-refractivity contribution >= 4 is 6.29 Å². The highest BCUT2D eigenvalue weighted by molar-refractivity contribution is 5.72. The third-order valence-corrected chi connectivity index (χ3v) is 2.35. The highest BCUT2D eigenvalue weighted by atomic mass is 19.1. The van der Waals surface area contributed by atoms with Crippen LogP contribution in [0.1, 0.15) is 21.7 Å². The summed E-state index contributed by atoms with van der Waals surface area (Å²) in [4.78, 5) is 10.6. The molecule has 0 N–H and O–H groups in total. The molecule has 4 nitrogen and oxygen atoms in total. The molecule has 1 aromatic heterocycles. The molecule has 0 amide bonds. The molecule has 16 heavy (non-hydrogen) atoms. The molecule has 0 fully saturated rings. The first-order valence-electron chi connectivity index (χ1n) is 4.80. The Balaban J connectivity index is 2.27. The number of aromatic nitrogens is 3. The van der Waals surface area contributed by atoms with Gasteiger partial charge in [0.15, 0.2) is 6.29 Å². The first-order chi connectivity index (χ1) is 7.70. The van der Waals surface area contributed by atoms with Crippen molar-refractivity contribution in [2.24, 2.45) is 0 Å². The quantitative estimate of drug-likeness (QED) is 0.736. The lowest BCUT2D eigenvalue weighted by molar-refractivity contribution is 0.111. The summed E-state index contributed by atoms with van der Waals surface area (Å²) in [6.07, 6.45) is 0.657. The first kappa shape index (κ1) is 10.5. The number of rotatable bonds is 3. The Hall–Kier alpha value is -2.04. The molecule has 0 radical (unpaired) electrons. The Bertz CT molecular complexity index is 522. The zero-order valence-corrected chi connectivity index (χ0v) is 8.72. The number of halogens is 1. The van der Waals surface area contributed by atoms with Crippen molar-refractivity contribution in [1.29, 1.82) is 0 Å². The van der Waals surface area contributed by atoms with E-state index in [1.807, 2.05) is 0 Å². The lowest BCUT2D eigenvalue weighted by Gasteiger charge is -2.03. The largest absolute Gasteiger partial charge is 0.296 e. The fraction of sp³-hybridized carbons (Fsp3) is 0.182. The van der Waals surface area contributed by atoms with Crippen molar-refractivity contribution in [3.05, 3.63) is 47.0 Å². The van der Waals surface area contributed by atoms with Gasteiger partial charge in [-0.05, 0) is 24.6 Å². The van der Waals surface area contributed by atoms with Crippen LogP contribution >= 0.6 is 0 Å². The van der Waals surface area contributed by atoms with Gasteiger partial charge >= 0.3 is 0 Å². The standard InChI is InChI=1S/C11H10FN3O/c1-8-11(7-16)13-14-15(8)6-9-3-2-4-10(12)5-9/h2-5,7H,6H2,1H3. The molecule has 0 saturated heterocycles. The Morgan fingerprint density at radius 3 is 2.94 bits per heavy atom. The Morgan fingerprint density at radius 2 is 2.31 bits per heavy atom. The van der Waals surface area contributed by atoms with E-state index < -0.39 is 0 Å². The van der Waals surface area contributed by atoms with Crippen molar-refractivity contribution in [2.45, 2.75) is 13.5 Å². The fourth-order valence-corrected chi connectivity index (χ4v) is 1.44. The van der Waals surface area contributed by atoms with Crippen LogP contribution in [-0.4, -0.2) is 21.3 Å². The third-order valence-electron chi connectivity index (χ3n) is 2.35. The van der Waals surface area contributed by atoms with Crippen LogP contribution in [0.15, 0.2) is 24.3 Å². The lowest BCUT2D eigenvalue weighted by atomic mass is 10.2. The maximum Gasteiger partial charge on any atom is 0.172 e. The minimum Gasteiger partial charge on any atom is -0.296 e. The summed E-state index contributed by atoms with van der Waals surface area (Å²) in [5.41, 5.74) is 1.78. The van der Waals surface area contributed by atoms with E-state index >= 15 is 0 Å². The molecule has 5 heteroatoms. The molecule has 0 aliphatic rings. The molecular formula is C11H10FN3O. The SMILES string of the molecule is Cc1c(C=O)nnn1Cc1cccc(F)c1. The molecule has 0 unspecified atom stereocenters. The van der Waals surface area contributed by atoms with E-state index in [-0.39, 0.29) is 5.82 Å². The molecule has 0 aliphatic carbocycles. The molecule has 0 atom stereocenters. The van der Waals surface area contributed by atoms with Gasteiger partial charge in [0.05, 0.1) is 12.2 Å². The molecule has 1 aromatic carbocycles. The van der Waals surface area contributed by atoms with Crippen LogP contribution in [0.4, 0.5) is 4.39 Å². The summed E-state index contributed by atoms with van der Waals surface area (Å²) >= 11 is 0. The van der Waals surface area contributed by atoms with Gasteiger partial charge in [-0.1, -0.05) is 17.3 Å². The molecule has 1 heterocycles. The number of hydrogen-bond acceptors (Lipinski definition) is 3. The third kappa shape index (κ3) is 1.98. The molecule has 0 saturated carbocycles. The van der Waals surface area contributed by atoms with E-state index in [1.54, 1.807) is 23.7 Å². The monoisotopic (exact) mass is 219 g/mol. The number of hydrogen-bond donors (Lipinski definition) is 0. The fourth-order valence-electron chi connectivity index (χ4n) is 1.44. The average Bonchev–Trinajstić information content (AvgIpc) is 2.60. The van der Waals surface area contributed by atoms with Gasteiger partial charge in [0.2, 0.25) is 0 Å². The zero-order chi connectivity index (χ0) is 11.5. The van der Waals surface area contributed by atoms with Crippen molar-refractivity contribution in [1.82, 2.24) is 15.0 Å². The van der Waals surface area contributed by atoms with Crippen LogP contribution in [0.5, 0.6) is 0 Å². The molecule has 0 spiro atoms. The van der Waals surface area contributed by atoms with E-state index in [9.17, 15) is 9.18 Å². The summed E-state index contributed by atoms with van der Waals surface area (Å²) in [6.45, 7) is 2.16. The van der Waals surface area contributed by atoms with Crippen molar-refractivity contribution in [2.75, 3.05) is 0 Å². The molecule has 0 bridgehead atoms. The van der Waals surface area contributed by atoms with Gasteiger partial charge in [-0.3, -0.25) is 4.79 Å². The predicted molar refractivity (Wildman–Crippen MR) is 55.6 cm³/mol. The smallest absolute Gasteiger partial charge is 0.172 e. The van der Waals surface area contributed by atoms with Gasteiger partial charge in [0, 0.05) is 0 Å². The number of benzene rings is 1. The summed E-state index contributed by atoms with van der Waals surface area (Å²) in [5.74, 6) is -0.286. The van der Waals surface area contributed by atoms with Gasteiger partial charge in [-0.25, -0.2) is 9.07 Å². The second kappa shape index (κ2) is 4.22. The first-order valence-corrected chi connectivity index (χ1v) is 4.80. The summed E-state index contributed by atoms with van der Waals surface area (Å²) in [6, 6.07) is 6.25. The van der Waals surface area contributed by atoms with Gasteiger partial charge in [0.25, 0.3) is 0 Å². The number of aldehydes is 1. The molecule has 0 aliphatic heterocycles. The van der Waals surface area contributed by atoms with E-state index in [0.29, 0.717) is 24.2 Å². The van der Waals surface area contributed by atoms with Crippen LogP contribution in [-0.2, 0) is 6.54 Å². The van der Waals surface area contributed by atoms with E-state index in [1.165, 1.54) is 12.1 Å². The molecule has 2 rings (SSSR count). The Morgan fingerprint density at radius 1 is 1.50 bits per heavy atom. The minimum absolute atomic E-state index is 0.286. The van der Waals surface area contributed by atoms with Gasteiger partial charge < -0.3 is 0 Å². The van der Waals surface area contributed by atoms with E-state index in [0.717, 1.165) is 5.56 Å². The number of carbonyl (C=O) groups excluding carboxylic acids is 1. The van der Waals surface area contributed by atoms with Crippen molar-refractivity contribution in [3.63, 3.8) is 0 Å². The maximum atomic E-state index is 12.9. The highest BCUT2D eigenvalue weighted by Crippen LogP contribution is 2.08. The van der Waals surface area contributed by atoms with Crippen LogP contribution in [0.2, 0.25) is 0 Å². The van der Waals surface area contributed by atoms with Crippen LogP contribution < -0.4 is 0 Å². The summed E-state index contributed by atoms with van der Waals surface area (Å²) < 4.78 is 14.5. The predicted octanol–water partition coefficient (Wildman–Crippen LogP) is 1.59. The molecule has 2 aromatic rings. The van der Waals surface area contributed by atoms with Crippen LogP contribution in [0, 0.1) is 12.7 Å². The van der Waals surface area contributed by atoms with Gasteiger partial charge in [-0.2, -0.15) is 0 Å². The van der Waals surface area contributed by atoms with Crippen LogP contribution in [0.3, 0.4) is 0 Å². The minimum atomic E-state index is -0.286. The second-order valence-electron chi connectivity index (χ2n) is 3.47. The highest BCUT2D eigenvalue weighted by Gasteiger charge is 2.07. The van der Waals surface area contributed by atoms with Crippen LogP contribution in [0.25, 0.3) is 0 Å². The zero-order valence-electron chi connectivity index (χ0n) is 8.72. The average molecular weight is 219 g/mol. The second-order valence-corrected chi connectivity index (χ2v) is 3.47. The Labute approximate surface area is 91.7 Å². The number of nitrogens with zero attached hydrogens (tertiary/aromatic N) is 3. The molecule has 82 valence electrons. The van der Waals surface area contributed by atoms with Gasteiger partial charge in [-0.15, -0.1) is 5.10 Å². The summed E-state index contributed by atoms with van der Waals surface area (Å²) in [5, 5.41) is 7.53. The number of carbonyl (C=O) groups is 1. The maximum absolute atomic E-state index is 12.9. The van der Waals surface area contributed by atoms with Gasteiger partial charge in [0.1, 0.15) is 11.5 Å². The Kier molecular flexibility index (Phi) is 2.76. The van der Waals surface area contributed by atoms with E-state index in [4.69, 9.17) is 0 Å². The van der Waals surface area contributed by atoms with E-state index in [2.05, 4.69) is 10.3 Å². The summed E-state index contributed by atoms with van der Waals surface area (Å²) in [7, 11) is 0. The van der Waals surface area contributed by atoms with Crippen molar-refractivity contribution in [3.8, 4) is 0 Å². The lowest BCUT2D eigenvalue weighted by Crippen LogP contribution is -2.04. The topological polar surface area (TPSA) is 47.8 Å². The normalized spacial score (nSPS) is 10.4.